The molecule has 3 aromatic rings. The molecule has 0 saturated heterocycles. The Morgan fingerprint density at radius 2 is 1.53 bits per heavy atom. The van der Waals surface area contributed by atoms with Gasteiger partial charge in [-0.15, -0.1) is 0 Å². The van der Waals surface area contributed by atoms with Gasteiger partial charge in [0.2, 0.25) is 11.8 Å². The van der Waals surface area contributed by atoms with Crippen LogP contribution in [0, 0.1) is 0 Å². The topological polar surface area (TPSA) is 114 Å². The number of nitrogens with one attached hydrogen (secondary N) is 1. The molecule has 0 aromatic heterocycles. The first-order valence-electron chi connectivity index (χ1n) is 14.2. The largest absolute Gasteiger partial charge is 0.497 e. The lowest BCUT2D eigenvalue weighted by molar-refractivity contribution is -0.139. The molecule has 1 aliphatic carbocycles. The van der Waals surface area contributed by atoms with Gasteiger partial charge in [0.25, 0.3) is 10.0 Å². The molecule has 1 atom stereocenters. The molecule has 10 nitrogen and oxygen atoms in total. The summed E-state index contributed by atoms with van der Waals surface area (Å²) in [7, 11) is 0.294. The SMILES string of the molecule is COc1ccc(CN(C(=O)CN(c2ccc(OC)c(OC)c2)S(=O)(=O)c2ccccc2)C(C)C(=O)NC2CCCC2)cc1. The summed E-state index contributed by atoms with van der Waals surface area (Å²) in [4.78, 5) is 29.0. The number of carbonyl (C=O) groups excluding carboxylic acids is 2. The minimum Gasteiger partial charge on any atom is -0.497 e. The molecular weight excluding hydrogens is 570 g/mol. The van der Waals surface area contributed by atoms with Crippen LogP contribution < -0.4 is 23.8 Å². The fourth-order valence-corrected chi connectivity index (χ4v) is 6.56. The van der Waals surface area contributed by atoms with E-state index >= 15 is 0 Å². The number of amides is 2. The summed E-state index contributed by atoms with van der Waals surface area (Å²) in [6.45, 7) is 1.20. The van der Waals surface area contributed by atoms with E-state index in [1.807, 2.05) is 12.1 Å². The van der Waals surface area contributed by atoms with Crippen molar-refractivity contribution in [3.8, 4) is 17.2 Å². The van der Waals surface area contributed by atoms with Gasteiger partial charge in [-0.1, -0.05) is 43.2 Å². The lowest BCUT2D eigenvalue weighted by Crippen LogP contribution is -2.52. The van der Waals surface area contributed by atoms with Crippen molar-refractivity contribution in [2.75, 3.05) is 32.2 Å². The van der Waals surface area contributed by atoms with Crippen molar-refractivity contribution >= 4 is 27.5 Å². The van der Waals surface area contributed by atoms with Gasteiger partial charge in [0, 0.05) is 18.7 Å². The third-order valence-electron chi connectivity index (χ3n) is 7.65. The third kappa shape index (κ3) is 7.59. The van der Waals surface area contributed by atoms with Gasteiger partial charge in [0.05, 0.1) is 31.9 Å². The monoisotopic (exact) mass is 609 g/mol. The zero-order chi connectivity index (χ0) is 31.0. The van der Waals surface area contributed by atoms with E-state index in [1.165, 1.54) is 37.3 Å². The number of hydrogen-bond donors (Lipinski definition) is 1. The predicted molar refractivity (Wildman–Crippen MR) is 164 cm³/mol. The Morgan fingerprint density at radius 3 is 2.14 bits per heavy atom. The van der Waals surface area contributed by atoms with Crippen LogP contribution in [0.3, 0.4) is 0 Å². The first kappa shape index (κ1) is 31.7. The van der Waals surface area contributed by atoms with Crippen molar-refractivity contribution in [3.63, 3.8) is 0 Å². The highest BCUT2D eigenvalue weighted by atomic mass is 32.2. The Labute approximate surface area is 253 Å². The van der Waals surface area contributed by atoms with E-state index in [0.717, 1.165) is 35.6 Å². The zero-order valence-corrected chi connectivity index (χ0v) is 25.8. The molecule has 4 rings (SSSR count). The third-order valence-corrected chi connectivity index (χ3v) is 9.43. The maximum absolute atomic E-state index is 14.2. The lowest BCUT2D eigenvalue weighted by Gasteiger charge is -2.32. The maximum atomic E-state index is 14.2. The van der Waals surface area contributed by atoms with E-state index in [2.05, 4.69) is 5.32 Å². The highest BCUT2D eigenvalue weighted by molar-refractivity contribution is 7.92. The van der Waals surface area contributed by atoms with Crippen molar-refractivity contribution in [2.24, 2.45) is 0 Å². The number of hydrogen-bond acceptors (Lipinski definition) is 7. The minimum absolute atomic E-state index is 0.0197. The Kier molecular flexibility index (Phi) is 10.5. The molecular formula is C32H39N3O7S. The van der Waals surface area contributed by atoms with E-state index in [1.54, 1.807) is 56.5 Å². The molecule has 0 heterocycles. The molecule has 2 amide bonds. The molecule has 11 heteroatoms. The standard InChI is InChI=1S/C32H39N3O7S/c1-23(32(37)33-25-10-8-9-11-25)34(21-24-14-17-27(40-2)18-15-24)31(36)22-35(43(38,39)28-12-6-5-7-13-28)26-16-19-29(41-3)30(20-26)42-4/h5-7,12-20,23,25H,8-11,21-22H2,1-4H3,(H,33,37). The van der Waals surface area contributed by atoms with Gasteiger partial charge in [-0.05, 0) is 61.7 Å². The molecule has 0 spiro atoms. The molecule has 1 aliphatic rings. The van der Waals surface area contributed by atoms with Crippen LogP contribution in [0.25, 0.3) is 0 Å². The summed E-state index contributed by atoms with van der Waals surface area (Å²) in [5.41, 5.74) is 0.973. The molecule has 230 valence electrons. The van der Waals surface area contributed by atoms with E-state index in [-0.39, 0.29) is 29.1 Å². The first-order valence-corrected chi connectivity index (χ1v) is 15.6. The van der Waals surface area contributed by atoms with Crippen LogP contribution in [0.15, 0.2) is 77.7 Å². The summed E-state index contributed by atoms with van der Waals surface area (Å²) < 4.78 is 45.1. The minimum atomic E-state index is -4.20. The van der Waals surface area contributed by atoms with E-state index in [9.17, 15) is 18.0 Å². The zero-order valence-electron chi connectivity index (χ0n) is 25.0. The summed E-state index contributed by atoms with van der Waals surface area (Å²) in [5, 5.41) is 3.07. The summed E-state index contributed by atoms with van der Waals surface area (Å²) in [5.74, 6) is 0.548. The average molecular weight is 610 g/mol. The number of anilines is 1. The molecule has 43 heavy (non-hydrogen) atoms. The Hall–Kier alpha value is -4.25. The van der Waals surface area contributed by atoms with Crippen LogP contribution in [-0.2, 0) is 26.2 Å². The Balaban J connectivity index is 1.71. The molecule has 1 saturated carbocycles. The van der Waals surface area contributed by atoms with Crippen molar-refractivity contribution in [1.29, 1.82) is 0 Å². The number of methoxy groups -OCH3 is 3. The van der Waals surface area contributed by atoms with Crippen LogP contribution in [0.2, 0.25) is 0 Å². The van der Waals surface area contributed by atoms with Gasteiger partial charge in [-0.25, -0.2) is 8.42 Å². The predicted octanol–water partition coefficient (Wildman–Crippen LogP) is 4.38. The molecule has 0 radical (unpaired) electrons. The van der Waals surface area contributed by atoms with Crippen molar-refractivity contribution in [3.05, 3.63) is 78.4 Å². The van der Waals surface area contributed by atoms with Crippen molar-refractivity contribution in [1.82, 2.24) is 10.2 Å². The molecule has 1 unspecified atom stereocenters. The average Bonchev–Trinajstić information content (AvgIpc) is 3.55. The fourth-order valence-electron chi connectivity index (χ4n) is 5.13. The van der Waals surface area contributed by atoms with Crippen LogP contribution in [0.1, 0.15) is 38.2 Å². The highest BCUT2D eigenvalue weighted by Crippen LogP contribution is 2.34. The summed E-state index contributed by atoms with van der Waals surface area (Å²) >= 11 is 0. The molecule has 1 N–H and O–H groups in total. The van der Waals surface area contributed by atoms with Gasteiger partial charge in [-0.3, -0.25) is 13.9 Å². The van der Waals surface area contributed by atoms with Gasteiger partial charge < -0.3 is 24.4 Å². The normalized spacial score (nSPS) is 14.0. The second-order valence-electron chi connectivity index (χ2n) is 10.4. The van der Waals surface area contributed by atoms with Gasteiger partial charge in [0.1, 0.15) is 18.3 Å². The number of carbonyl (C=O) groups is 2. The number of rotatable bonds is 13. The second kappa shape index (κ2) is 14.3. The number of nitrogens with zero attached hydrogens (tertiary/aromatic N) is 2. The Bertz CT molecular complexity index is 1490. The van der Waals surface area contributed by atoms with E-state index < -0.39 is 28.5 Å². The molecule has 3 aromatic carbocycles. The maximum Gasteiger partial charge on any atom is 0.264 e. The number of ether oxygens (including phenoxy) is 3. The van der Waals surface area contributed by atoms with Crippen LogP contribution >= 0.6 is 0 Å². The van der Waals surface area contributed by atoms with E-state index in [4.69, 9.17) is 14.2 Å². The van der Waals surface area contributed by atoms with Gasteiger partial charge in [-0.2, -0.15) is 0 Å². The van der Waals surface area contributed by atoms with Crippen LogP contribution in [-0.4, -0.2) is 65.1 Å². The van der Waals surface area contributed by atoms with Gasteiger partial charge in [0.15, 0.2) is 11.5 Å². The smallest absolute Gasteiger partial charge is 0.264 e. The van der Waals surface area contributed by atoms with Gasteiger partial charge >= 0.3 is 0 Å². The lowest BCUT2D eigenvalue weighted by atomic mass is 10.1. The highest BCUT2D eigenvalue weighted by Gasteiger charge is 2.33. The number of benzene rings is 3. The molecule has 0 aliphatic heterocycles. The van der Waals surface area contributed by atoms with Crippen molar-refractivity contribution < 1.29 is 32.2 Å². The summed E-state index contributed by atoms with van der Waals surface area (Å²) in [6, 6.07) is 18.9. The first-order chi connectivity index (χ1) is 20.7. The molecule has 0 bridgehead atoms. The fraction of sp³-hybridized carbons (Fsp3) is 0.375. The Morgan fingerprint density at radius 1 is 0.884 bits per heavy atom. The second-order valence-corrected chi connectivity index (χ2v) is 12.3. The van der Waals surface area contributed by atoms with Crippen LogP contribution in [0.5, 0.6) is 17.2 Å². The van der Waals surface area contributed by atoms with E-state index in [0.29, 0.717) is 17.2 Å². The van der Waals surface area contributed by atoms with Crippen molar-refractivity contribution in [2.45, 2.75) is 56.1 Å². The molecule has 1 fully saturated rings. The summed E-state index contributed by atoms with van der Waals surface area (Å²) in [6.07, 6.45) is 3.89. The quantitative estimate of drug-likeness (QED) is 0.306. The van der Waals surface area contributed by atoms with Crippen LogP contribution in [0.4, 0.5) is 5.69 Å². The number of sulfonamides is 1.